The van der Waals surface area contributed by atoms with Crippen LogP contribution in [0.4, 0.5) is 0 Å². The topological polar surface area (TPSA) is 55.2 Å². The van der Waals surface area contributed by atoms with E-state index in [0.717, 1.165) is 22.4 Å². The molecule has 4 aromatic rings. The standard InChI is InChI=1S/C27H25N3O2/c1-19(20-10-4-2-5-11-20)29-17-22(16-26(29)32)27-28-23-14-8-9-15-24(23)30(27)18-25(31)21-12-6-3-7-13-21/h2-15,19,22H,16-18H2,1H3. The summed E-state index contributed by atoms with van der Waals surface area (Å²) in [4.78, 5) is 32.8. The molecule has 1 fully saturated rings. The minimum atomic E-state index is -0.0513. The van der Waals surface area contributed by atoms with Crippen molar-refractivity contribution in [3.8, 4) is 0 Å². The van der Waals surface area contributed by atoms with E-state index >= 15 is 0 Å². The molecule has 2 heterocycles. The number of amides is 1. The van der Waals surface area contributed by atoms with E-state index in [-0.39, 0.29) is 30.2 Å². The Morgan fingerprint density at radius 2 is 1.62 bits per heavy atom. The van der Waals surface area contributed by atoms with E-state index in [4.69, 9.17) is 4.98 Å². The van der Waals surface area contributed by atoms with E-state index in [1.54, 1.807) is 0 Å². The van der Waals surface area contributed by atoms with Crippen LogP contribution < -0.4 is 0 Å². The van der Waals surface area contributed by atoms with Gasteiger partial charge in [-0.05, 0) is 24.6 Å². The molecule has 3 aromatic carbocycles. The molecule has 0 saturated carbocycles. The van der Waals surface area contributed by atoms with Crippen molar-refractivity contribution in [2.75, 3.05) is 6.54 Å². The Bertz CT molecular complexity index is 1260. The molecule has 5 nitrogen and oxygen atoms in total. The smallest absolute Gasteiger partial charge is 0.223 e. The highest BCUT2D eigenvalue weighted by molar-refractivity contribution is 5.96. The molecule has 160 valence electrons. The summed E-state index contributed by atoms with van der Waals surface area (Å²) in [7, 11) is 0. The number of aromatic nitrogens is 2. The molecule has 5 rings (SSSR count). The third-order valence-corrected chi connectivity index (χ3v) is 6.35. The highest BCUT2D eigenvalue weighted by Gasteiger charge is 2.36. The van der Waals surface area contributed by atoms with Gasteiger partial charge >= 0.3 is 0 Å². The average Bonchev–Trinajstić information content (AvgIpc) is 3.40. The largest absolute Gasteiger partial charge is 0.335 e. The van der Waals surface area contributed by atoms with Crippen LogP contribution in [-0.2, 0) is 11.3 Å². The summed E-state index contributed by atoms with van der Waals surface area (Å²) in [5.74, 6) is 0.921. The highest BCUT2D eigenvalue weighted by Crippen LogP contribution is 2.35. The van der Waals surface area contributed by atoms with Gasteiger partial charge in [-0.25, -0.2) is 4.98 Å². The maximum atomic E-state index is 13.0. The molecule has 2 unspecified atom stereocenters. The summed E-state index contributed by atoms with van der Waals surface area (Å²) >= 11 is 0. The second-order valence-electron chi connectivity index (χ2n) is 8.37. The number of carbonyl (C=O) groups is 2. The van der Waals surface area contributed by atoms with Crippen molar-refractivity contribution >= 4 is 22.7 Å². The molecule has 32 heavy (non-hydrogen) atoms. The van der Waals surface area contributed by atoms with E-state index in [9.17, 15) is 9.59 Å². The maximum Gasteiger partial charge on any atom is 0.223 e. The first-order valence-electron chi connectivity index (χ1n) is 11.0. The van der Waals surface area contributed by atoms with Gasteiger partial charge in [-0.15, -0.1) is 0 Å². The lowest BCUT2D eigenvalue weighted by molar-refractivity contribution is -0.129. The minimum absolute atomic E-state index is 0.00233. The monoisotopic (exact) mass is 423 g/mol. The Kier molecular flexibility index (Phi) is 5.31. The third kappa shape index (κ3) is 3.71. The molecular weight excluding hydrogens is 398 g/mol. The number of nitrogens with zero attached hydrogens (tertiary/aromatic N) is 3. The first kappa shape index (κ1) is 20.2. The van der Waals surface area contributed by atoms with Gasteiger partial charge in [-0.1, -0.05) is 72.8 Å². The third-order valence-electron chi connectivity index (χ3n) is 6.35. The lowest BCUT2D eigenvalue weighted by Gasteiger charge is -2.25. The normalized spacial score (nSPS) is 17.1. The van der Waals surface area contributed by atoms with Gasteiger partial charge in [0, 0.05) is 24.4 Å². The van der Waals surface area contributed by atoms with Gasteiger partial charge in [-0.3, -0.25) is 9.59 Å². The molecule has 0 spiro atoms. The van der Waals surface area contributed by atoms with Gasteiger partial charge in [0.15, 0.2) is 5.78 Å². The first-order chi connectivity index (χ1) is 15.6. The molecule has 0 aliphatic carbocycles. The van der Waals surface area contributed by atoms with Crippen LogP contribution in [0.15, 0.2) is 84.9 Å². The predicted molar refractivity (Wildman–Crippen MR) is 124 cm³/mol. The molecule has 1 amide bonds. The molecule has 1 saturated heterocycles. The Morgan fingerprint density at radius 1 is 0.969 bits per heavy atom. The number of hydrogen-bond donors (Lipinski definition) is 0. The van der Waals surface area contributed by atoms with Crippen LogP contribution in [0.2, 0.25) is 0 Å². The van der Waals surface area contributed by atoms with E-state index in [1.807, 2.05) is 82.3 Å². The number of rotatable bonds is 6. The van der Waals surface area contributed by atoms with Gasteiger partial charge < -0.3 is 9.47 Å². The zero-order valence-electron chi connectivity index (χ0n) is 18.0. The van der Waals surface area contributed by atoms with Gasteiger partial charge in [0.2, 0.25) is 5.91 Å². The SMILES string of the molecule is CC(c1ccccc1)N1CC(c2nc3ccccc3n2CC(=O)c2ccccc2)CC1=O. The molecule has 0 radical (unpaired) electrons. The fourth-order valence-corrected chi connectivity index (χ4v) is 4.62. The van der Waals surface area contributed by atoms with Crippen molar-refractivity contribution in [1.29, 1.82) is 0 Å². The Hall–Kier alpha value is -3.73. The predicted octanol–water partition coefficient (Wildman–Crippen LogP) is 5.00. The lowest BCUT2D eigenvalue weighted by atomic mass is 10.1. The number of hydrogen-bond acceptors (Lipinski definition) is 3. The van der Waals surface area contributed by atoms with Crippen LogP contribution in [0.5, 0.6) is 0 Å². The number of imidazole rings is 1. The Morgan fingerprint density at radius 3 is 2.38 bits per heavy atom. The number of ketones is 1. The van der Waals surface area contributed by atoms with Crippen molar-refractivity contribution in [2.24, 2.45) is 0 Å². The summed E-state index contributed by atoms with van der Waals surface area (Å²) in [6.07, 6.45) is 0.403. The number of likely N-dealkylation sites (tertiary alicyclic amines) is 1. The maximum absolute atomic E-state index is 13.0. The summed E-state index contributed by atoms with van der Waals surface area (Å²) in [6.45, 7) is 2.87. The van der Waals surface area contributed by atoms with Crippen LogP contribution in [-0.4, -0.2) is 32.7 Å². The molecule has 2 atom stereocenters. The number of carbonyl (C=O) groups excluding carboxylic acids is 2. The van der Waals surface area contributed by atoms with Crippen molar-refractivity contribution < 1.29 is 9.59 Å². The summed E-state index contributed by atoms with van der Waals surface area (Å²) in [5.41, 5.74) is 3.58. The van der Waals surface area contributed by atoms with Crippen LogP contribution in [0.25, 0.3) is 11.0 Å². The summed E-state index contributed by atoms with van der Waals surface area (Å²) in [5, 5.41) is 0. The van der Waals surface area contributed by atoms with Gasteiger partial charge in [-0.2, -0.15) is 0 Å². The zero-order valence-corrected chi connectivity index (χ0v) is 18.0. The van der Waals surface area contributed by atoms with Crippen molar-refractivity contribution in [2.45, 2.75) is 31.8 Å². The highest BCUT2D eigenvalue weighted by atomic mass is 16.2. The summed E-state index contributed by atoms with van der Waals surface area (Å²) in [6, 6.07) is 27.3. The van der Waals surface area contributed by atoms with Crippen LogP contribution in [0, 0.1) is 0 Å². The average molecular weight is 424 g/mol. The van der Waals surface area contributed by atoms with Crippen molar-refractivity contribution in [3.05, 3.63) is 102 Å². The minimum Gasteiger partial charge on any atom is -0.335 e. The van der Waals surface area contributed by atoms with Crippen LogP contribution in [0.1, 0.15) is 47.1 Å². The molecule has 1 aliphatic heterocycles. The molecule has 0 N–H and O–H groups in total. The lowest BCUT2D eigenvalue weighted by Crippen LogP contribution is -2.28. The van der Waals surface area contributed by atoms with Crippen molar-refractivity contribution in [1.82, 2.24) is 14.5 Å². The molecule has 1 aromatic heterocycles. The zero-order chi connectivity index (χ0) is 22.1. The van der Waals surface area contributed by atoms with E-state index in [0.29, 0.717) is 18.5 Å². The quantitative estimate of drug-likeness (QED) is 0.410. The summed E-state index contributed by atoms with van der Waals surface area (Å²) < 4.78 is 2.00. The Labute approximate surface area is 187 Å². The fourth-order valence-electron chi connectivity index (χ4n) is 4.62. The molecule has 1 aliphatic rings. The molecule has 0 bridgehead atoms. The van der Waals surface area contributed by atoms with Gasteiger partial charge in [0.25, 0.3) is 0 Å². The second kappa shape index (κ2) is 8.42. The van der Waals surface area contributed by atoms with Gasteiger partial charge in [0.05, 0.1) is 23.6 Å². The number of fused-ring (bicyclic) bond motifs is 1. The molecule has 5 heteroatoms. The fraction of sp³-hybridized carbons (Fsp3) is 0.222. The Balaban J connectivity index is 1.47. The number of benzene rings is 3. The second-order valence-corrected chi connectivity index (χ2v) is 8.37. The van der Waals surface area contributed by atoms with Crippen LogP contribution in [0.3, 0.4) is 0 Å². The van der Waals surface area contributed by atoms with Gasteiger partial charge in [0.1, 0.15) is 5.82 Å². The first-order valence-corrected chi connectivity index (χ1v) is 11.0. The number of para-hydroxylation sites is 2. The van der Waals surface area contributed by atoms with E-state index < -0.39 is 0 Å². The van der Waals surface area contributed by atoms with E-state index in [2.05, 4.69) is 19.1 Å². The number of Topliss-reactive ketones (excluding diaryl/α,β-unsaturated/α-hetero) is 1. The molecular formula is C27H25N3O2. The van der Waals surface area contributed by atoms with E-state index in [1.165, 1.54) is 0 Å². The van der Waals surface area contributed by atoms with Crippen LogP contribution >= 0.6 is 0 Å². The van der Waals surface area contributed by atoms with Crippen molar-refractivity contribution in [3.63, 3.8) is 0 Å².